The molecule has 22 heavy (non-hydrogen) atoms. The SMILES string of the molecule is O=C(Cn1ccccc1=O)N[C@H]1CCO[C@@H]1c1cccnc1. The molecule has 6 heteroatoms. The molecular formula is C16H17N3O3. The summed E-state index contributed by atoms with van der Waals surface area (Å²) in [7, 11) is 0. The molecule has 6 nitrogen and oxygen atoms in total. The van der Waals surface area contributed by atoms with Crippen LogP contribution in [0.4, 0.5) is 0 Å². The number of carbonyl (C=O) groups is 1. The van der Waals surface area contributed by atoms with E-state index in [-0.39, 0.29) is 30.2 Å². The molecule has 2 atom stereocenters. The van der Waals surface area contributed by atoms with Crippen LogP contribution in [0.25, 0.3) is 0 Å². The second-order valence-corrected chi connectivity index (χ2v) is 5.21. The monoisotopic (exact) mass is 299 g/mol. The average Bonchev–Trinajstić information content (AvgIpc) is 2.98. The quantitative estimate of drug-likeness (QED) is 0.910. The minimum absolute atomic E-state index is 0.00985. The van der Waals surface area contributed by atoms with E-state index >= 15 is 0 Å². The summed E-state index contributed by atoms with van der Waals surface area (Å²) in [6, 6.07) is 8.50. The van der Waals surface area contributed by atoms with Crippen LogP contribution in [0.2, 0.25) is 0 Å². The van der Waals surface area contributed by atoms with Gasteiger partial charge < -0.3 is 14.6 Å². The molecule has 0 aromatic carbocycles. The highest BCUT2D eigenvalue weighted by atomic mass is 16.5. The molecule has 1 N–H and O–H groups in total. The Hall–Kier alpha value is -2.47. The maximum absolute atomic E-state index is 12.2. The predicted octanol–water partition coefficient (Wildman–Crippen LogP) is 0.890. The van der Waals surface area contributed by atoms with Crippen LogP contribution >= 0.6 is 0 Å². The van der Waals surface area contributed by atoms with Crippen molar-refractivity contribution >= 4 is 5.91 Å². The number of ether oxygens (including phenoxy) is 1. The number of rotatable bonds is 4. The lowest BCUT2D eigenvalue weighted by Gasteiger charge is -2.20. The lowest BCUT2D eigenvalue weighted by molar-refractivity contribution is -0.122. The number of nitrogens with zero attached hydrogens (tertiary/aromatic N) is 2. The van der Waals surface area contributed by atoms with Crippen LogP contribution in [0.15, 0.2) is 53.7 Å². The number of amides is 1. The fourth-order valence-electron chi connectivity index (χ4n) is 2.61. The Kier molecular flexibility index (Phi) is 4.29. The van der Waals surface area contributed by atoms with Gasteiger partial charge in [0.1, 0.15) is 12.6 Å². The fourth-order valence-corrected chi connectivity index (χ4v) is 2.61. The summed E-state index contributed by atoms with van der Waals surface area (Å²) < 4.78 is 7.08. The van der Waals surface area contributed by atoms with E-state index in [1.807, 2.05) is 12.1 Å². The van der Waals surface area contributed by atoms with E-state index in [1.54, 1.807) is 30.7 Å². The molecule has 1 fully saturated rings. The van der Waals surface area contributed by atoms with E-state index in [2.05, 4.69) is 10.3 Å². The van der Waals surface area contributed by atoms with Crippen molar-refractivity contribution in [1.82, 2.24) is 14.9 Å². The number of nitrogens with one attached hydrogen (secondary N) is 1. The van der Waals surface area contributed by atoms with Crippen LogP contribution in [0.5, 0.6) is 0 Å². The lowest BCUT2D eigenvalue weighted by atomic mass is 10.0. The van der Waals surface area contributed by atoms with Gasteiger partial charge in [-0.1, -0.05) is 12.1 Å². The summed E-state index contributed by atoms with van der Waals surface area (Å²) in [6.45, 7) is 0.603. The van der Waals surface area contributed by atoms with Gasteiger partial charge in [-0.2, -0.15) is 0 Å². The van der Waals surface area contributed by atoms with Gasteiger partial charge in [-0.25, -0.2) is 0 Å². The van der Waals surface area contributed by atoms with Crippen LogP contribution in [-0.2, 0) is 16.1 Å². The summed E-state index contributed by atoms with van der Waals surface area (Å²) >= 11 is 0. The molecule has 0 unspecified atom stereocenters. The summed E-state index contributed by atoms with van der Waals surface area (Å²) in [6.07, 6.45) is 5.61. The Morgan fingerprint density at radius 3 is 3.05 bits per heavy atom. The van der Waals surface area contributed by atoms with Crippen molar-refractivity contribution in [2.75, 3.05) is 6.61 Å². The van der Waals surface area contributed by atoms with E-state index in [1.165, 1.54) is 10.6 Å². The minimum atomic E-state index is -0.197. The summed E-state index contributed by atoms with van der Waals surface area (Å²) in [5, 5.41) is 2.95. The van der Waals surface area contributed by atoms with Crippen LogP contribution in [-0.4, -0.2) is 28.1 Å². The van der Waals surface area contributed by atoms with Gasteiger partial charge in [0.25, 0.3) is 5.56 Å². The molecule has 3 rings (SSSR count). The molecule has 0 bridgehead atoms. The van der Waals surface area contributed by atoms with Crippen LogP contribution < -0.4 is 10.9 Å². The predicted molar refractivity (Wildman–Crippen MR) is 80.2 cm³/mol. The smallest absolute Gasteiger partial charge is 0.250 e. The van der Waals surface area contributed by atoms with Gasteiger partial charge in [0.05, 0.1) is 6.04 Å². The minimum Gasteiger partial charge on any atom is -0.371 e. The molecule has 2 aromatic rings. The van der Waals surface area contributed by atoms with Crippen LogP contribution in [0.1, 0.15) is 18.1 Å². The van der Waals surface area contributed by atoms with E-state index < -0.39 is 0 Å². The third-order valence-electron chi connectivity index (χ3n) is 3.66. The first kappa shape index (κ1) is 14.5. The maximum atomic E-state index is 12.2. The van der Waals surface area contributed by atoms with Crippen molar-refractivity contribution in [2.45, 2.75) is 25.1 Å². The molecular weight excluding hydrogens is 282 g/mol. The van der Waals surface area contributed by atoms with E-state index in [0.29, 0.717) is 6.61 Å². The molecule has 114 valence electrons. The van der Waals surface area contributed by atoms with Gasteiger partial charge in [0.15, 0.2) is 0 Å². The van der Waals surface area contributed by atoms with Crippen molar-refractivity contribution < 1.29 is 9.53 Å². The number of hydrogen-bond acceptors (Lipinski definition) is 4. The summed E-state index contributed by atoms with van der Waals surface area (Å²) in [5.74, 6) is -0.197. The second-order valence-electron chi connectivity index (χ2n) is 5.21. The third kappa shape index (κ3) is 3.23. The van der Waals surface area contributed by atoms with Crippen LogP contribution in [0, 0.1) is 0 Å². The molecule has 0 aliphatic carbocycles. The molecule has 1 saturated heterocycles. The van der Waals surface area contributed by atoms with Crippen molar-refractivity contribution in [3.8, 4) is 0 Å². The van der Waals surface area contributed by atoms with Gasteiger partial charge in [0, 0.05) is 36.8 Å². The maximum Gasteiger partial charge on any atom is 0.250 e. The number of carbonyl (C=O) groups excluding carboxylic acids is 1. The first-order chi connectivity index (χ1) is 10.7. The van der Waals surface area contributed by atoms with E-state index in [4.69, 9.17) is 4.74 Å². The van der Waals surface area contributed by atoms with E-state index in [0.717, 1.165) is 12.0 Å². The lowest BCUT2D eigenvalue weighted by Crippen LogP contribution is -2.40. The highest BCUT2D eigenvalue weighted by molar-refractivity contribution is 5.76. The topological polar surface area (TPSA) is 73.2 Å². The number of aromatic nitrogens is 2. The highest BCUT2D eigenvalue weighted by Gasteiger charge is 2.30. The largest absolute Gasteiger partial charge is 0.371 e. The molecule has 0 saturated carbocycles. The highest BCUT2D eigenvalue weighted by Crippen LogP contribution is 2.28. The van der Waals surface area contributed by atoms with Crippen molar-refractivity contribution in [2.24, 2.45) is 0 Å². The Balaban J connectivity index is 1.66. The van der Waals surface area contributed by atoms with Crippen molar-refractivity contribution in [3.05, 3.63) is 64.8 Å². The van der Waals surface area contributed by atoms with Gasteiger partial charge >= 0.3 is 0 Å². The first-order valence-electron chi connectivity index (χ1n) is 7.20. The van der Waals surface area contributed by atoms with Gasteiger partial charge in [-0.3, -0.25) is 14.6 Å². The average molecular weight is 299 g/mol. The van der Waals surface area contributed by atoms with Crippen LogP contribution in [0.3, 0.4) is 0 Å². The standard InChI is InChI=1S/C16H17N3O3/c20-14(11-19-8-2-1-5-15(19)21)18-13-6-9-22-16(13)12-4-3-7-17-10-12/h1-5,7-8,10,13,16H,6,9,11H2,(H,18,20)/t13-,16+/m0/s1. The zero-order chi connectivity index (χ0) is 15.4. The number of pyridine rings is 2. The first-order valence-corrected chi connectivity index (χ1v) is 7.20. The van der Waals surface area contributed by atoms with Gasteiger partial charge in [-0.15, -0.1) is 0 Å². The molecule has 1 amide bonds. The summed E-state index contributed by atoms with van der Waals surface area (Å²) in [5.41, 5.74) is 0.756. The molecule has 1 aliphatic rings. The molecule has 3 heterocycles. The van der Waals surface area contributed by atoms with Crippen molar-refractivity contribution in [1.29, 1.82) is 0 Å². The normalized spacial score (nSPS) is 20.7. The van der Waals surface area contributed by atoms with E-state index in [9.17, 15) is 9.59 Å². The zero-order valence-electron chi connectivity index (χ0n) is 12.0. The Bertz CT molecular complexity index is 699. The Morgan fingerprint density at radius 2 is 2.27 bits per heavy atom. The summed E-state index contributed by atoms with van der Waals surface area (Å²) in [4.78, 5) is 27.9. The molecule has 1 aliphatic heterocycles. The van der Waals surface area contributed by atoms with Gasteiger partial charge in [-0.05, 0) is 18.6 Å². The Morgan fingerprint density at radius 1 is 1.36 bits per heavy atom. The molecule has 2 aromatic heterocycles. The van der Waals surface area contributed by atoms with Gasteiger partial charge in [0.2, 0.25) is 5.91 Å². The zero-order valence-corrected chi connectivity index (χ0v) is 12.0. The Labute approximate surface area is 127 Å². The molecule has 0 spiro atoms. The second kappa shape index (κ2) is 6.53. The fraction of sp³-hybridized carbons (Fsp3) is 0.312. The van der Waals surface area contributed by atoms with Crippen molar-refractivity contribution in [3.63, 3.8) is 0 Å². The molecule has 0 radical (unpaired) electrons. The number of hydrogen-bond donors (Lipinski definition) is 1. The third-order valence-corrected chi connectivity index (χ3v) is 3.66.